The maximum atomic E-state index is 13.0. The number of benzene rings is 1. The van der Waals surface area contributed by atoms with Gasteiger partial charge in [-0.3, -0.25) is 9.69 Å². The summed E-state index contributed by atoms with van der Waals surface area (Å²) in [5.74, 6) is -1.31. The fraction of sp³-hybridized carbons (Fsp3) is 0.500. The molecule has 0 radical (unpaired) electrons. The zero-order valence-corrected chi connectivity index (χ0v) is 14.5. The number of carboxylic acid groups (broad SMARTS) is 1. The Kier molecular flexibility index (Phi) is 4.44. The van der Waals surface area contributed by atoms with Gasteiger partial charge < -0.3 is 14.7 Å². The topological polar surface area (TPSA) is 70.1 Å². The van der Waals surface area contributed by atoms with Crippen molar-refractivity contribution in [2.45, 2.75) is 24.6 Å². The Balaban J connectivity index is 1.94. The number of halogens is 1. The van der Waals surface area contributed by atoms with Crippen molar-refractivity contribution in [1.29, 1.82) is 0 Å². The number of hydrogen-bond donors (Lipinski definition) is 1. The molecule has 2 aliphatic rings. The van der Waals surface area contributed by atoms with E-state index in [0.29, 0.717) is 18.4 Å². The lowest BCUT2D eigenvalue weighted by molar-refractivity contribution is -0.143. The Morgan fingerprint density at radius 3 is 2.43 bits per heavy atom. The van der Waals surface area contributed by atoms with Crippen molar-refractivity contribution in [1.82, 2.24) is 9.80 Å². The van der Waals surface area contributed by atoms with Crippen molar-refractivity contribution in [2.24, 2.45) is 0 Å². The van der Waals surface area contributed by atoms with Crippen LogP contribution in [-0.4, -0.2) is 65.3 Å². The number of aliphatic carboxylic acids is 1. The molecule has 2 aliphatic heterocycles. The van der Waals surface area contributed by atoms with Gasteiger partial charge in [-0.15, -0.1) is 0 Å². The van der Waals surface area contributed by atoms with E-state index in [0.717, 1.165) is 17.6 Å². The number of piperidine rings is 1. The van der Waals surface area contributed by atoms with Crippen LogP contribution in [0.3, 0.4) is 0 Å². The number of ether oxygens (including phenoxy) is 1. The molecule has 7 heteroatoms. The second kappa shape index (κ2) is 6.22. The molecule has 1 spiro atoms. The van der Waals surface area contributed by atoms with Crippen molar-refractivity contribution in [3.8, 4) is 0 Å². The number of carboxylic acids is 1. The monoisotopic (exact) mass is 382 g/mol. The first-order chi connectivity index (χ1) is 10.9. The van der Waals surface area contributed by atoms with Crippen LogP contribution in [0, 0.1) is 0 Å². The largest absolute Gasteiger partial charge is 0.480 e. The van der Waals surface area contributed by atoms with Gasteiger partial charge in [0, 0.05) is 36.0 Å². The fourth-order valence-electron chi connectivity index (χ4n) is 3.26. The van der Waals surface area contributed by atoms with Gasteiger partial charge in [0.05, 0.1) is 6.61 Å². The number of likely N-dealkylation sites (tertiary alicyclic amines) is 1. The van der Waals surface area contributed by atoms with Gasteiger partial charge in [0.15, 0.2) is 6.04 Å². The van der Waals surface area contributed by atoms with Gasteiger partial charge in [-0.2, -0.15) is 0 Å². The van der Waals surface area contributed by atoms with Gasteiger partial charge in [0.25, 0.3) is 5.91 Å². The Labute approximate surface area is 143 Å². The third kappa shape index (κ3) is 3.00. The average Bonchev–Trinajstić information content (AvgIpc) is 2.90. The summed E-state index contributed by atoms with van der Waals surface area (Å²) in [6, 6.07) is 6.02. The van der Waals surface area contributed by atoms with E-state index in [1.807, 2.05) is 7.05 Å². The summed E-state index contributed by atoms with van der Waals surface area (Å²) in [6.07, 6.45) is 1.24. The van der Waals surface area contributed by atoms with E-state index >= 15 is 0 Å². The molecule has 2 heterocycles. The minimum Gasteiger partial charge on any atom is -0.480 e. The summed E-state index contributed by atoms with van der Waals surface area (Å²) >= 11 is 3.34. The summed E-state index contributed by atoms with van der Waals surface area (Å²) < 4.78 is 6.74. The van der Waals surface area contributed by atoms with E-state index in [2.05, 4.69) is 20.8 Å². The highest BCUT2D eigenvalue weighted by Gasteiger charge is 2.53. The molecule has 0 aliphatic carbocycles. The van der Waals surface area contributed by atoms with Gasteiger partial charge in [0.2, 0.25) is 0 Å². The predicted octanol–water partition coefficient (Wildman–Crippen LogP) is 1.80. The van der Waals surface area contributed by atoms with Crippen LogP contribution in [0.4, 0.5) is 0 Å². The second-order valence-corrected chi connectivity index (χ2v) is 7.01. The Hall–Kier alpha value is -1.44. The molecule has 1 amide bonds. The Morgan fingerprint density at radius 1 is 1.26 bits per heavy atom. The maximum Gasteiger partial charge on any atom is 0.328 e. The van der Waals surface area contributed by atoms with Crippen molar-refractivity contribution in [3.05, 3.63) is 34.3 Å². The van der Waals surface area contributed by atoms with Gasteiger partial charge in [0.1, 0.15) is 5.72 Å². The van der Waals surface area contributed by atoms with Crippen LogP contribution in [0.2, 0.25) is 0 Å². The number of amides is 1. The molecule has 3 rings (SSSR count). The minimum atomic E-state index is -1.02. The lowest BCUT2D eigenvalue weighted by atomic mass is 9.97. The number of nitrogens with zero attached hydrogens (tertiary/aromatic N) is 2. The van der Waals surface area contributed by atoms with Crippen molar-refractivity contribution in [3.63, 3.8) is 0 Å². The molecule has 23 heavy (non-hydrogen) atoms. The normalized spacial score (nSPS) is 24.1. The molecule has 1 unspecified atom stereocenters. The molecule has 124 valence electrons. The Bertz CT molecular complexity index is 611. The second-order valence-electron chi connectivity index (χ2n) is 6.10. The molecule has 2 saturated heterocycles. The van der Waals surface area contributed by atoms with Crippen molar-refractivity contribution in [2.75, 3.05) is 26.7 Å². The lowest BCUT2D eigenvalue weighted by Gasteiger charge is -2.43. The first-order valence-corrected chi connectivity index (χ1v) is 8.37. The Morgan fingerprint density at radius 2 is 1.87 bits per heavy atom. The number of rotatable bonds is 2. The summed E-state index contributed by atoms with van der Waals surface area (Å²) in [4.78, 5) is 28.2. The third-order valence-corrected chi connectivity index (χ3v) is 5.15. The molecule has 1 N–H and O–H groups in total. The highest BCUT2D eigenvalue weighted by atomic mass is 79.9. The van der Waals surface area contributed by atoms with Crippen LogP contribution in [0.5, 0.6) is 0 Å². The van der Waals surface area contributed by atoms with Gasteiger partial charge in [-0.1, -0.05) is 15.9 Å². The average molecular weight is 383 g/mol. The minimum absolute atomic E-state index is 0.0430. The molecule has 1 aromatic rings. The van der Waals surface area contributed by atoms with Crippen LogP contribution < -0.4 is 0 Å². The van der Waals surface area contributed by atoms with Crippen molar-refractivity contribution < 1.29 is 19.4 Å². The van der Waals surface area contributed by atoms with Crippen molar-refractivity contribution >= 4 is 27.8 Å². The number of carbonyl (C=O) groups excluding carboxylic acids is 1. The summed E-state index contributed by atoms with van der Waals surface area (Å²) in [5.41, 5.74) is -0.331. The van der Waals surface area contributed by atoms with Crippen LogP contribution >= 0.6 is 15.9 Å². The highest BCUT2D eigenvalue weighted by Crippen LogP contribution is 2.38. The molecule has 2 fully saturated rings. The summed E-state index contributed by atoms with van der Waals surface area (Å²) in [6.45, 7) is 1.59. The lowest BCUT2D eigenvalue weighted by Crippen LogP contribution is -2.57. The maximum absolute atomic E-state index is 13.0. The van der Waals surface area contributed by atoms with Crippen LogP contribution in [0.15, 0.2) is 28.7 Å². The quantitative estimate of drug-likeness (QED) is 0.844. The van der Waals surface area contributed by atoms with E-state index in [-0.39, 0.29) is 12.5 Å². The molecule has 6 nitrogen and oxygen atoms in total. The SMILES string of the molecule is CN1CCC2(CC1)OCC(C(=O)O)N2C(=O)c1ccc(Br)cc1. The smallest absolute Gasteiger partial charge is 0.328 e. The predicted molar refractivity (Wildman–Crippen MR) is 87.1 cm³/mol. The van der Waals surface area contributed by atoms with Crippen LogP contribution in [-0.2, 0) is 9.53 Å². The van der Waals surface area contributed by atoms with E-state index in [1.54, 1.807) is 24.3 Å². The van der Waals surface area contributed by atoms with Gasteiger partial charge in [-0.05, 0) is 31.3 Å². The molecular weight excluding hydrogens is 364 g/mol. The van der Waals surface area contributed by atoms with Crippen LogP contribution in [0.1, 0.15) is 23.2 Å². The molecule has 1 atom stereocenters. The first-order valence-electron chi connectivity index (χ1n) is 7.57. The van der Waals surface area contributed by atoms with Gasteiger partial charge in [-0.25, -0.2) is 4.79 Å². The van der Waals surface area contributed by atoms with E-state index < -0.39 is 17.7 Å². The molecular formula is C16H19BrN2O4. The highest BCUT2D eigenvalue weighted by molar-refractivity contribution is 9.10. The first kappa shape index (κ1) is 16.4. The summed E-state index contributed by atoms with van der Waals surface area (Å²) in [7, 11) is 2.01. The number of carbonyl (C=O) groups is 2. The standard InChI is InChI=1S/C16H19BrN2O4/c1-18-8-6-16(7-9-18)19(13(10-23-16)15(21)22)14(20)11-2-4-12(17)5-3-11/h2-5,13H,6-10H2,1H3,(H,21,22). The molecule has 0 saturated carbocycles. The molecule has 1 aromatic carbocycles. The fourth-order valence-corrected chi connectivity index (χ4v) is 3.52. The van der Waals surface area contributed by atoms with Crippen LogP contribution in [0.25, 0.3) is 0 Å². The van der Waals surface area contributed by atoms with Gasteiger partial charge >= 0.3 is 5.97 Å². The molecule has 0 aromatic heterocycles. The van der Waals surface area contributed by atoms with E-state index in [4.69, 9.17) is 4.74 Å². The van der Waals surface area contributed by atoms with E-state index in [1.165, 1.54) is 4.90 Å². The molecule has 0 bridgehead atoms. The zero-order valence-electron chi connectivity index (χ0n) is 12.9. The summed E-state index contributed by atoms with van der Waals surface area (Å²) in [5, 5.41) is 9.50. The third-order valence-electron chi connectivity index (χ3n) is 4.62. The zero-order chi connectivity index (χ0) is 16.6. The number of hydrogen-bond acceptors (Lipinski definition) is 4. The van der Waals surface area contributed by atoms with E-state index in [9.17, 15) is 14.7 Å².